The second kappa shape index (κ2) is 5.80. The lowest BCUT2D eigenvalue weighted by molar-refractivity contribution is -0.386. The van der Waals surface area contributed by atoms with Crippen LogP contribution in [0.3, 0.4) is 0 Å². The Bertz CT molecular complexity index is 715. The molecule has 8 nitrogen and oxygen atoms in total. The van der Waals surface area contributed by atoms with Gasteiger partial charge >= 0.3 is 5.69 Å². The Morgan fingerprint density at radius 2 is 2.25 bits per heavy atom. The number of nitrogen functional groups attached to an aromatic ring is 1. The second-order valence-corrected chi connectivity index (χ2v) is 4.80. The molecule has 0 unspecified atom stereocenters. The SMILES string of the molecule is NNc1cc(Cn2cc(Br)c(=O)c([N+](=O)[O-])c2)ccn1. The van der Waals surface area contributed by atoms with Crippen molar-refractivity contribution in [3.63, 3.8) is 0 Å². The highest BCUT2D eigenvalue weighted by molar-refractivity contribution is 9.10. The normalized spacial score (nSPS) is 10.3. The van der Waals surface area contributed by atoms with Crippen LogP contribution in [0.5, 0.6) is 0 Å². The third-order valence-corrected chi connectivity index (χ3v) is 3.12. The standard InChI is InChI=1S/C11H10BrN5O3/c12-8-5-16(6-9(11(8)18)17(19)20)4-7-1-2-14-10(3-7)15-13/h1-3,5-6H,4,13H2,(H,14,15). The van der Waals surface area contributed by atoms with Crippen LogP contribution in [0.25, 0.3) is 0 Å². The summed E-state index contributed by atoms with van der Waals surface area (Å²) >= 11 is 3.02. The van der Waals surface area contributed by atoms with E-state index >= 15 is 0 Å². The highest BCUT2D eigenvalue weighted by Crippen LogP contribution is 2.13. The van der Waals surface area contributed by atoms with Gasteiger partial charge in [-0.2, -0.15) is 0 Å². The molecule has 20 heavy (non-hydrogen) atoms. The highest BCUT2D eigenvalue weighted by Gasteiger charge is 2.15. The molecule has 0 saturated heterocycles. The van der Waals surface area contributed by atoms with Crippen molar-refractivity contribution in [2.45, 2.75) is 6.54 Å². The lowest BCUT2D eigenvalue weighted by Gasteiger charge is -2.08. The summed E-state index contributed by atoms with van der Waals surface area (Å²) < 4.78 is 1.68. The number of nitrogens with two attached hydrogens (primary N) is 1. The van der Waals surface area contributed by atoms with Crippen molar-refractivity contribution in [2.24, 2.45) is 5.84 Å². The molecule has 2 aromatic rings. The summed E-state index contributed by atoms with van der Waals surface area (Å²) in [6.07, 6.45) is 4.25. The summed E-state index contributed by atoms with van der Waals surface area (Å²) in [5.74, 6) is 5.75. The predicted octanol–water partition coefficient (Wildman–Crippen LogP) is 1.25. The summed E-state index contributed by atoms with van der Waals surface area (Å²) in [7, 11) is 0. The molecule has 3 N–H and O–H groups in total. The van der Waals surface area contributed by atoms with Gasteiger partial charge in [-0.1, -0.05) is 0 Å². The van der Waals surface area contributed by atoms with E-state index < -0.39 is 16.0 Å². The number of hydrogen-bond acceptors (Lipinski definition) is 6. The van der Waals surface area contributed by atoms with Crippen LogP contribution >= 0.6 is 15.9 Å². The zero-order chi connectivity index (χ0) is 14.7. The largest absolute Gasteiger partial charge is 0.342 e. The minimum absolute atomic E-state index is 0.137. The van der Waals surface area contributed by atoms with E-state index in [1.165, 1.54) is 12.4 Å². The number of anilines is 1. The third kappa shape index (κ3) is 3.00. The summed E-state index contributed by atoms with van der Waals surface area (Å²) in [5.41, 5.74) is 2.12. The average molecular weight is 340 g/mol. The van der Waals surface area contributed by atoms with Crippen molar-refractivity contribution < 1.29 is 4.92 Å². The van der Waals surface area contributed by atoms with Gasteiger partial charge in [-0.25, -0.2) is 10.8 Å². The minimum atomic E-state index is -0.705. The Labute approximate surface area is 121 Å². The van der Waals surface area contributed by atoms with Gasteiger partial charge in [0.1, 0.15) is 5.82 Å². The van der Waals surface area contributed by atoms with Gasteiger partial charge in [0.25, 0.3) is 5.43 Å². The van der Waals surface area contributed by atoms with E-state index in [2.05, 4.69) is 26.3 Å². The Hall–Kier alpha value is -2.26. The smallest absolute Gasteiger partial charge is 0.333 e. The zero-order valence-electron chi connectivity index (χ0n) is 10.1. The van der Waals surface area contributed by atoms with Crippen LogP contribution in [-0.4, -0.2) is 14.5 Å². The molecule has 0 aliphatic carbocycles. The molecule has 0 bridgehead atoms. The molecule has 2 aromatic heterocycles. The maximum absolute atomic E-state index is 11.6. The molecule has 0 aromatic carbocycles. The van der Waals surface area contributed by atoms with Gasteiger partial charge in [0.2, 0.25) is 0 Å². The van der Waals surface area contributed by atoms with Crippen LogP contribution < -0.4 is 16.7 Å². The maximum Gasteiger partial charge on any atom is 0.333 e. The predicted molar refractivity (Wildman–Crippen MR) is 76.2 cm³/mol. The molecule has 9 heteroatoms. The number of nitrogens with zero attached hydrogens (tertiary/aromatic N) is 3. The van der Waals surface area contributed by atoms with Crippen LogP contribution in [-0.2, 0) is 6.54 Å². The molecular formula is C11H10BrN5O3. The van der Waals surface area contributed by atoms with Crippen LogP contribution in [0.2, 0.25) is 0 Å². The van der Waals surface area contributed by atoms with Crippen LogP contribution in [0.1, 0.15) is 5.56 Å². The summed E-state index contributed by atoms with van der Waals surface area (Å²) in [6, 6.07) is 3.45. The van der Waals surface area contributed by atoms with Crippen molar-refractivity contribution in [3.05, 3.63) is 61.1 Å². The van der Waals surface area contributed by atoms with E-state index in [-0.39, 0.29) is 4.47 Å². The maximum atomic E-state index is 11.6. The number of nitrogens with one attached hydrogen (secondary N) is 1. The number of hydrazine groups is 1. The Morgan fingerprint density at radius 3 is 2.90 bits per heavy atom. The Morgan fingerprint density at radius 1 is 1.50 bits per heavy atom. The fourth-order valence-corrected chi connectivity index (χ4v) is 2.13. The van der Waals surface area contributed by atoms with Gasteiger partial charge in [-0.15, -0.1) is 0 Å². The summed E-state index contributed by atoms with van der Waals surface area (Å²) in [6.45, 7) is 0.344. The lowest BCUT2D eigenvalue weighted by atomic mass is 10.2. The molecule has 0 atom stereocenters. The van der Waals surface area contributed by atoms with E-state index in [4.69, 9.17) is 5.84 Å². The topological polar surface area (TPSA) is 116 Å². The number of rotatable bonds is 4. The first kappa shape index (κ1) is 14.2. The zero-order valence-corrected chi connectivity index (χ0v) is 11.7. The molecule has 0 aliphatic rings. The third-order valence-electron chi connectivity index (χ3n) is 2.55. The van der Waals surface area contributed by atoms with Gasteiger partial charge < -0.3 is 9.99 Å². The quantitative estimate of drug-likeness (QED) is 0.492. The molecule has 0 radical (unpaired) electrons. The molecule has 2 heterocycles. The van der Waals surface area contributed by atoms with Crippen LogP contribution in [0.15, 0.2) is 40.0 Å². The molecule has 0 aliphatic heterocycles. The monoisotopic (exact) mass is 339 g/mol. The van der Waals surface area contributed by atoms with E-state index in [0.29, 0.717) is 12.4 Å². The van der Waals surface area contributed by atoms with E-state index in [1.54, 1.807) is 22.9 Å². The molecule has 0 saturated carbocycles. The number of halogens is 1. The van der Waals surface area contributed by atoms with Gasteiger partial charge in [-0.3, -0.25) is 14.9 Å². The molecular weight excluding hydrogens is 330 g/mol. The van der Waals surface area contributed by atoms with Gasteiger partial charge in [-0.05, 0) is 33.6 Å². The fraction of sp³-hybridized carbons (Fsp3) is 0.0909. The minimum Gasteiger partial charge on any atom is -0.342 e. The highest BCUT2D eigenvalue weighted by atomic mass is 79.9. The molecule has 104 valence electrons. The van der Waals surface area contributed by atoms with Crippen molar-refractivity contribution in [2.75, 3.05) is 5.43 Å². The van der Waals surface area contributed by atoms with E-state index in [1.807, 2.05) is 0 Å². The average Bonchev–Trinajstić information content (AvgIpc) is 2.42. The first-order chi connectivity index (χ1) is 9.51. The van der Waals surface area contributed by atoms with E-state index in [0.717, 1.165) is 5.56 Å². The van der Waals surface area contributed by atoms with Gasteiger partial charge in [0.05, 0.1) is 15.6 Å². The molecule has 2 rings (SSSR count). The van der Waals surface area contributed by atoms with Crippen LogP contribution in [0, 0.1) is 10.1 Å². The number of pyridine rings is 2. The fourth-order valence-electron chi connectivity index (χ4n) is 1.66. The lowest BCUT2D eigenvalue weighted by Crippen LogP contribution is -2.14. The van der Waals surface area contributed by atoms with Crippen molar-refractivity contribution >= 4 is 27.4 Å². The first-order valence-electron chi connectivity index (χ1n) is 5.47. The second-order valence-electron chi connectivity index (χ2n) is 3.94. The van der Waals surface area contributed by atoms with Gasteiger partial charge in [0, 0.05) is 18.9 Å². The molecule has 0 amide bonds. The Balaban J connectivity index is 2.38. The summed E-state index contributed by atoms with van der Waals surface area (Å²) in [4.78, 5) is 25.6. The van der Waals surface area contributed by atoms with Crippen molar-refractivity contribution in [1.29, 1.82) is 0 Å². The summed E-state index contributed by atoms with van der Waals surface area (Å²) in [5, 5.41) is 10.8. The van der Waals surface area contributed by atoms with Crippen molar-refractivity contribution in [1.82, 2.24) is 9.55 Å². The Kier molecular flexibility index (Phi) is 4.11. The number of aromatic nitrogens is 2. The molecule has 0 spiro atoms. The van der Waals surface area contributed by atoms with Crippen molar-refractivity contribution in [3.8, 4) is 0 Å². The van der Waals surface area contributed by atoms with Gasteiger partial charge in [0.15, 0.2) is 0 Å². The number of hydrogen-bond donors (Lipinski definition) is 2. The first-order valence-corrected chi connectivity index (χ1v) is 6.26. The number of nitro groups is 1. The van der Waals surface area contributed by atoms with Crippen LogP contribution in [0.4, 0.5) is 11.5 Å². The molecule has 0 fully saturated rings. The van der Waals surface area contributed by atoms with E-state index in [9.17, 15) is 14.9 Å².